The van der Waals surface area contributed by atoms with Crippen molar-refractivity contribution >= 4 is 11.9 Å². The van der Waals surface area contributed by atoms with Gasteiger partial charge in [0.15, 0.2) is 5.96 Å². The van der Waals surface area contributed by atoms with E-state index in [4.69, 9.17) is 4.74 Å². The Kier molecular flexibility index (Phi) is 3.61. The van der Waals surface area contributed by atoms with Crippen molar-refractivity contribution in [3.63, 3.8) is 0 Å². The van der Waals surface area contributed by atoms with Gasteiger partial charge in [0.1, 0.15) is 5.54 Å². The molecule has 2 aliphatic heterocycles. The van der Waals surface area contributed by atoms with Gasteiger partial charge in [-0.05, 0) is 19.8 Å². The Hall–Kier alpha value is -1.10. The molecule has 18 heavy (non-hydrogen) atoms. The first-order chi connectivity index (χ1) is 8.53. The molecule has 2 fully saturated rings. The molecule has 2 saturated heterocycles. The molecule has 5 heteroatoms. The number of carbonyl (C=O) groups excluding carboxylic acids is 1. The zero-order chi connectivity index (χ0) is 13.2. The summed E-state index contributed by atoms with van der Waals surface area (Å²) >= 11 is 0. The maximum atomic E-state index is 12.2. The second-order valence-electron chi connectivity index (χ2n) is 5.47. The zero-order valence-corrected chi connectivity index (χ0v) is 11.5. The molecule has 2 aliphatic rings. The van der Waals surface area contributed by atoms with E-state index in [0.717, 1.165) is 19.4 Å². The number of guanidine groups is 1. The van der Waals surface area contributed by atoms with Gasteiger partial charge in [0.2, 0.25) is 0 Å². The van der Waals surface area contributed by atoms with E-state index >= 15 is 0 Å². The summed E-state index contributed by atoms with van der Waals surface area (Å²) in [6, 6.07) is 0. The highest BCUT2D eigenvalue weighted by Crippen LogP contribution is 2.36. The highest BCUT2D eigenvalue weighted by Gasteiger charge is 2.51. The van der Waals surface area contributed by atoms with Gasteiger partial charge in [-0.15, -0.1) is 0 Å². The monoisotopic (exact) mass is 253 g/mol. The van der Waals surface area contributed by atoms with Crippen LogP contribution in [0.2, 0.25) is 0 Å². The maximum Gasteiger partial charge on any atom is 0.252 e. The van der Waals surface area contributed by atoms with Crippen LogP contribution in [-0.4, -0.2) is 36.2 Å². The molecule has 0 saturated carbocycles. The minimum absolute atomic E-state index is 0.0420. The van der Waals surface area contributed by atoms with Gasteiger partial charge < -0.3 is 10.1 Å². The SMILES string of the molecule is CCCN=C1NC(=O)C2(CCOC(C)(CC)C2)N1. The lowest BCUT2D eigenvalue weighted by atomic mass is 9.79. The van der Waals surface area contributed by atoms with Gasteiger partial charge in [-0.3, -0.25) is 15.1 Å². The first-order valence-corrected chi connectivity index (χ1v) is 6.82. The molecule has 0 aliphatic carbocycles. The number of ether oxygens (including phenoxy) is 1. The van der Waals surface area contributed by atoms with Crippen molar-refractivity contribution in [2.24, 2.45) is 4.99 Å². The summed E-state index contributed by atoms with van der Waals surface area (Å²) in [4.78, 5) is 16.6. The van der Waals surface area contributed by atoms with Gasteiger partial charge in [0.25, 0.3) is 5.91 Å². The molecule has 2 rings (SSSR count). The van der Waals surface area contributed by atoms with Crippen LogP contribution in [0.15, 0.2) is 4.99 Å². The summed E-state index contributed by atoms with van der Waals surface area (Å²) < 4.78 is 5.81. The van der Waals surface area contributed by atoms with Gasteiger partial charge in [0, 0.05) is 19.4 Å². The minimum atomic E-state index is -0.518. The number of carbonyl (C=O) groups is 1. The Morgan fingerprint density at radius 2 is 2.22 bits per heavy atom. The lowest BCUT2D eigenvalue weighted by molar-refractivity contribution is -0.138. The summed E-state index contributed by atoms with van der Waals surface area (Å²) in [5.74, 6) is 0.669. The van der Waals surface area contributed by atoms with Crippen molar-refractivity contribution in [1.82, 2.24) is 10.6 Å². The quantitative estimate of drug-likeness (QED) is 0.794. The van der Waals surface area contributed by atoms with Crippen LogP contribution in [-0.2, 0) is 9.53 Å². The van der Waals surface area contributed by atoms with Crippen molar-refractivity contribution in [3.8, 4) is 0 Å². The molecule has 0 aromatic carbocycles. The fourth-order valence-electron chi connectivity index (χ4n) is 2.62. The zero-order valence-electron chi connectivity index (χ0n) is 11.5. The average Bonchev–Trinajstić information content (AvgIpc) is 2.63. The molecule has 0 aromatic heterocycles. The topological polar surface area (TPSA) is 62.7 Å². The van der Waals surface area contributed by atoms with Crippen LogP contribution in [0.4, 0.5) is 0 Å². The maximum absolute atomic E-state index is 12.2. The third-order valence-electron chi connectivity index (χ3n) is 3.92. The molecule has 2 heterocycles. The molecule has 5 nitrogen and oxygen atoms in total. The molecule has 2 atom stereocenters. The lowest BCUT2D eigenvalue weighted by Crippen LogP contribution is -2.56. The van der Waals surface area contributed by atoms with Crippen LogP contribution in [0.3, 0.4) is 0 Å². The van der Waals surface area contributed by atoms with Crippen LogP contribution >= 0.6 is 0 Å². The highest BCUT2D eigenvalue weighted by atomic mass is 16.5. The number of nitrogens with zero attached hydrogens (tertiary/aromatic N) is 1. The molecule has 2 unspecified atom stereocenters. The molecule has 102 valence electrons. The van der Waals surface area contributed by atoms with E-state index in [1.807, 2.05) is 0 Å². The first kappa shape index (κ1) is 13.3. The number of hydrogen-bond donors (Lipinski definition) is 2. The number of nitrogens with one attached hydrogen (secondary N) is 2. The summed E-state index contributed by atoms with van der Waals surface area (Å²) in [5, 5.41) is 6.15. The van der Waals surface area contributed by atoms with E-state index in [9.17, 15) is 4.79 Å². The van der Waals surface area contributed by atoms with Gasteiger partial charge in [-0.2, -0.15) is 0 Å². The third-order valence-corrected chi connectivity index (χ3v) is 3.92. The molecule has 2 N–H and O–H groups in total. The summed E-state index contributed by atoms with van der Waals surface area (Å²) in [6.45, 7) is 7.59. The van der Waals surface area contributed by atoms with Crippen molar-refractivity contribution < 1.29 is 9.53 Å². The fraction of sp³-hybridized carbons (Fsp3) is 0.846. The second kappa shape index (κ2) is 4.88. The number of hydrogen-bond acceptors (Lipinski definition) is 3. The van der Waals surface area contributed by atoms with E-state index in [-0.39, 0.29) is 11.5 Å². The van der Waals surface area contributed by atoms with Crippen molar-refractivity contribution in [2.45, 2.75) is 57.6 Å². The Labute approximate surface area is 108 Å². The molecule has 0 bridgehead atoms. The van der Waals surface area contributed by atoms with Crippen molar-refractivity contribution in [2.75, 3.05) is 13.2 Å². The van der Waals surface area contributed by atoms with Crippen LogP contribution in [0.1, 0.15) is 46.5 Å². The van der Waals surface area contributed by atoms with Crippen molar-refractivity contribution in [3.05, 3.63) is 0 Å². The van der Waals surface area contributed by atoms with Gasteiger partial charge in [-0.25, -0.2) is 0 Å². The first-order valence-electron chi connectivity index (χ1n) is 6.82. The molecule has 0 radical (unpaired) electrons. The third kappa shape index (κ3) is 2.36. The molecule has 1 amide bonds. The van der Waals surface area contributed by atoms with Crippen LogP contribution in [0.5, 0.6) is 0 Å². The summed E-state index contributed by atoms with van der Waals surface area (Å²) in [7, 11) is 0. The normalized spacial score (nSPS) is 37.9. The smallest absolute Gasteiger partial charge is 0.252 e. The average molecular weight is 253 g/mol. The Morgan fingerprint density at radius 3 is 2.89 bits per heavy atom. The van der Waals surface area contributed by atoms with Crippen LogP contribution in [0.25, 0.3) is 0 Å². The van der Waals surface area contributed by atoms with E-state index in [1.54, 1.807) is 0 Å². The number of aliphatic imine (C=N–C) groups is 1. The van der Waals surface area contributed by atoms with Gasteiger partial charge in [-0.1, -0.05) is 13.8 Å². The molecular formula is C13H23N3O2. The Bertz CT molecular complexity index is 369. The van der Waals surface area contributed by atoms with Gasteiger partial charge in [0.05, 0.1) is 12.2 Å². The van der Waals surface area contributed by atoms with E-state index < -0.39 is 5.54 Å². The summed E-state index contributed by atoms with van der Waals surface area (Å²) in [5.41, 5.74) is -0.738. The van der Waals surface area contributed by atoms with Crippen LogP contribution in [0, 0.1) is 0 Å². The number of rotatable bonds is 3. The minimum Gasteiger partial charge on any atom is -0.375 e. The Balaban J connectivity index is 2.14. The number of amides is 1. The Morgan fingerprint density at radius 1 is 1.44 bits per heavy atom. The lowest BCUT2D eigenvalue weighted by Gasteiger charge is -2.42. The second-order valence-corrected chi connectivity index (χ2v) is 5.47. The predicted octanol–water partition coefficient (Wildman–Crippen LogP) is 1.19. The van der Waals surface area contributed by atoms with E-state index in [2.05, 4.69) is 36.4 Å². The largest absolute Gasteiger partial charge is 0.375 e. The van der Waals surface area contributed by atoms with Crippen molar-refractivity contribution in [1.29, 1.82) is 0 Å². The predicted molar refractivity (Wildman–Crippen MR) is 70.5 cm³/mol. The fourth-order valence-corrected chi connectivity index (χ4v) is 2.62. The molecule has 0 aromatic rings. The highest BCUT2D eigenvalue weighted by molar-refractivity contribution is 6.09. The standard InChI is InChI=1S/C13H23N3O2/c1-4-7-14-11-15-10(17)13(16-11)6-8-18-12(3,5-2)9-13/h4-9H2,1-3H3,(H2,14,15,16,17). The van der Waals surface area contributed by atoms with Gasteiger partial charge >= 0.3 is 0 Å². The molecular weight excluding hydrogens is 230 g/mol. The molecule has 1 spiro atoms. The van der Waals surface area contributed by atoms with E-state index in [1.165, 1.54) is 0 Å². The summed E-state index contributed by atoms with van der Waals surface area (Å²) in [6.07, 6.45) is 3.29. The van der Waals surface area contributed by atoms with E-state index in [0.29, 0.717) is 25.4 Å². The van der Waals surface area contributed by atoms with Crippen LogP contribution < -0.4 is 10.6 Å².